The largest absolute Gasteiger partial charge is 0.444 e. The number of morpholine rings is 1. The van der Waals surface area contributed by atoms with Gasteiger partial charge >= 0.3 is 12.2 Å². The fourth-order valence-corrected chi connectivity index (χ4v) is 3.58. The molecule has 1 aliphatic heterocycles. The van der Waals surface area contributed by atoms with Crippen LogP contribution >= 0.6 is 0 Å². The molecule has 0 unspecified atom stereocenters. The number of carbonyl (C=O) groups is 2. The maximum atomic E-state index is 12.3. The number of hydrogen-bond acceptors (Lipinski definition) is 8. The summed E-state index contributed by atoms with van der Waals surface area (Å²) in [7, 11) is 0. The number of hydrogen-bond donors (Lipinski definition) is 2. The molecule has 0 spiro atoms. The molecule has 34 heavy (non-hydrogen) atoms. The van der Waals surface area contributed by atoms with Gasteiger partial charge in [0, 0.05) is 24.8 Å². The Bertz CT molecular complexity index is 858. The van der Waals surface area contributed by atoms with Gasteiger partial charge in [0.25, 0.3) is 0 Å². The number of pyridine rings is 1. The standard InChI is InChI=1S/C24H38N4O6/c1-23(2,3)33-21(29)26-16-13-17(25-20(14-16)28-9-11-31-12-10-28)15-32-19-8-7-18(19)27-22(30)34-24(4,5)6/h13-14,18-19H,7-12,15H2,1-6H3,(H,27,30)(H,25,26,29)/t18-,19-/m1/s1. The van der Waals surface area contributed by atoms with E-state index >= 15 is 0 Å². The van der Waals surface area contributed by atoms with Crippen LogP contribution in [0.5, 0.6) is 0 Å². The number of amides is 2. The molecule has 3 rings (SSSR count). The van der Waals surface area contributed by atoms with Gasteiger partial charge in [0.1, 0.15) is 17.0 Å². The van der Waals surface area contributed by atoms with E-state index in [1.54, 1.807) is 6.07 Å². The van der Waals surface area contributed by atoms with Crippen LogP contribution in [0, 0.1) is 0 Å². The molecule has 10 nitrogen and oxygen atoms in total. The van der Waals surface area contributed by atoms with Crippen molar-refractivity contribution in [3.8, 4) is 0 Å². The van der Waals surface area contributed by atoms with Crippen LogP contribution in [0.2, 0.25) is 0 Å². The minimum absolute atomic E-state index is 0.100. The van der Waals surface area contributed by atoms with E-state index in [2.05, 4.69) is 15.5 Å². The van der Waals surface area contributed by atoms with Crippen molar-refractivity contribution >= 4 is 23.7 Å². The molecule has 1 saturated heterocycles. The van der Waals surface area contributed by atoms with Gasteiger partial charge in [0.15, 0.2) is 0 Å². The molecule has 0 radical (unpaired) electrons. The normalized spacial score (nSPS) is 20.8. The molecule has 190 valence electrons. The van der Waals surface area contributed by atoms with Crippen LogP contribution < -0.4 is 15.5 Å². The Morgan fingerprint density at radius 1 is 1.03 bits per heavy atom. The smallest absolute Gasteiger partial charge is 0.412 e. The molecule has 0 bridgehead atoms. The average molecular weight is 479 g/mol. The Labute approximate surface area is 201 Å². The third-order valence-electron chi connectivity index (χ3n) is 5.20. The van der Waals surface area contributed by atoms with Crippen molar-refractivity contribution in [3.05, 3.63) is 17.8 Å². The van der Waals surface area contributed by atoms with Gasteiger partial charge in [-0.3, -0.25) is 5.32 Å². The van der Waals surface area contributed by atoms with Crippen LogP contribution in [0.25, 0.3) is 0 Å². The highest BCUT2D eigenvalue weighted by Gasteiger charge is 2.34. The number of nitrogens with zero attached hydrogens (tertiary/aromatic N) is 2. The van der Waals surface area contributed by atoms with E-state index < -0.39 is 23.4 Å². The summed E-state index contributed by atoms with van der Waals surface area (Å²) < 4.78 is 22.2. The number of aromatic nitrogens is 1. The molecule has 2 heterocycles. The lowest BCUT2D eigenvalue weighted by molar-refractivity contribution is -0.0401. The molecule has 10 heteroatoms. The van der Waals surface area contributed by atoms with E-state index in [9.17, 15) is 9.59 Å². The van der Waals surface area contributed by atoms with Gasteiger partial charge in [-0.15, -0.1) is 0 Å². The third-order valence-corrected chi connectivity index (χ3v) is 5.20. The minimum atomic E-state index is -0.601. The van der Waals surface area contributed by atoms with Crippen LogP contribution in [0.1, 0.15) is 60.1 Å². The van der Waals surface area contributed by atoms with Crippen molar-refractivity contribution in [2.24, 2.45) is 0 Å². The second kappa shape index (κ2) is 10.8. The van der Waals surface area contributed by atoms with Crippen molar-refractivity contribution in [1.29, 1.82) is 0 Å². The molecule has 1 aliphatic carbocycles. The fraction of sp³-hybridized carbons (Fsp3) is 0.708. The molecule has 1 aromatic rings. The zero-order chi connectivity index (χ0) is 24.9. The molecule has 0 aromatic carbocycles. The monoisotopic (exact) mass is 478 g/mol. The molecule has 1 saturated carbocycles. The summed E-state index contributed by atoms with van der Waals surface area (Å²) in [5.41, 5.74) is 0.113. The summed E-state index contributed by atoms with van der Waals surface area (Å²) in [6.07, 6.45) is 0.577. The minimum Gasteiger partial charge on any atom is -0.444 e. The molecule has 2 amide bonds. The van der Waals surface area contributed by atoms with Gasteiger partial charge in [-0.05, 0) is 60.5 Å². The number of ether oxygens (including phenoxy) is 4. The van der Waals surface area contributed by atoms with Crippen molar-refractivity contribution < 1.29 is 28.5 Å². The Morgan fingerprint density at radius 3 is 2.26 bits per heavy atom. The van der Waals surface area contributed by atoms with Crippen molar-refractivity contribution in [2.75, 3.05) is 36.5 Å². The Kier molecular flexibility index (Phi) is 8.25. The summed E-state index contributed by atoms with van der Waals surface area (Å²) in [6, 6.07) is 3.51. The average Bonchev–Trinajstić information content (AvgIpc) is 2.69. The molecular weight excluding hydrogens is 440 g/mol. The maximum Gasteiger partial charge on any atom is 0.412 e. The van der Waals surface area contributed by atoms with Crippen molar-refractivity contribution in [3.63, 3.8) is 0 Å². The summed E-state index contributed by atoms with van der Waals surface area (Å²) in [5.74, 6) is 0.743. The highest BCUT2D eigenvalue weighted by atomic mass is 16.6. The quantitative estimate of drug-likeness (QED) is 0.634. The van der Waals surface area contributed by atoms with Crippen molar-refractivity contribution in [2.45, 2.75) is 84.3 Å². The number of alkyl carbamates (subject to hydrolysis) is 1. The lowest BCUT2D eigenvalue weighted by Crippen LogP contribution is -2.52. The Balaban J connectivity index is 1.65. The highest BCUT2D eigenvalue weighted by molar-refractivity contribution is 5.85. The SMILES string of the molecule is CC(C)(C)OC(=O)Nc1cc(CO[C@@H]2CC[C@H]2NC(=O)OC(C)(C)C)nc(N2CCOCC2)c1. The molecule has 2 aliphatic rings. The van der Waals surface area contributed by atoms with E-state index in [0.717, 1.165) is 18.7 Å². The highest BCUT2D eigenvalue weighted by Crippen LogP contribution is 2.27. The fourth-order valence-electron chi connectivity index (χ4n) is 3.58. The summed E-state index contributed by atoms with van der Waals surface area (Å²) in [5, 5.41) is 5.68. The number of nitrogens with one attached hydrogen (secondary N) is 2. The second-order valence-corrected chi connectivity index (χ2v) is 10.6. The first-order chi connectivity index (χ1) is 15.9. The zero-order valence-corrected chi connectivity index (χ0v) is 21.1. The van der Waals surface area contributed by atoms with Gasteiger partial charge in [0.05, 0.1) is 37.7 Å². The third kappa shape index (κ3) is 8.32. The van der Waals surface area contributed by atoms with E-state index in [4.69, 9.17) is 23.9 Å². The van der Waals surface area contributed by atoms with Gasteiger partial charge < -0.3 is 29.2 Å². The molecule has 2 atom stereocenters. The van der Waals surface area contributed by atoms with E-state index in [1.807, 2.05) is 47.6 Å². The predicted molar refractivity (Wildman–Crippen MR) is 128 cm³/mol. The molecular formula is C24H38N4O6. The summed E-state index contributed by atoms with van der Waals surface area (Å²) >= 11 is 0. The predicted octanol–water partition coefficient (Wildman–Crippen LogP) is 3.84. The summed E-state index contributed by atoms with van der Waals surface area (Å²) in [6.45, 7) is 13.9. The van der Waals surface area contributed by atoms with Crippen LogP contribution in [0.4, 0.5) is 21.1 Å². The van der Waals surface area contributed by atoms with Gasteiger partial charge in [-0.2, -0.15) is 0 Å². The number of rotatable bonds is 6. The first kappa shape index (κ1) is 26.0. The van der Waals surface area contributed by atoms with E-state index in [0.29, 0.717) is 37.7 Å². The first-order valence-electron chi connectivity index (χ1n) is 11.8. The molecule has 2 fully saturated rings. The second-order valence-electron chi connectivity index (χ2n) is 10.6. The zero-order valence-electron chi connectivity index (χ0n) is 21.1. The Morgan fingerprint density at radius 2 is 1.68 bits per heavy atom. The molecule has 1 aromatic heterocycles. The van der Waals surface area contributed by atoms with Crippen LogP contribution in [0.15, 0.2) is 12.1 Å². The Hall–Kier alpha value is -2.59. The van der Waals surface area contributed by atoms with Gasteiger partial charge in [0.2, 0.25) is 0 Å². The van der Waals surface area contributed by atoms with E-state index in [1.165, 1.54) is 0 Å². The topological polar surface area (TPSA) is 111 Å². The lowest BCUT2D eigenvalue weighted by atomic mass is 9.89. The maximum absolute atomic E-state index is 12.3. The summed E-state index contributed by atoms with van der Waals surface area (Å²) in [4.78, 5) is 31.3. The number of anilines is 2. The van der Waals surface area contributed by atoms with Gasteiger partial charge in [-0.1, -0.05) is 0 Å². The first-order valence-corrected chi connectivity index (χ1v) is 11.8. The number of carbonyl (C=O) groups excluding carboxylic acids is 2. The molecule has 2 N–H and O–H groups in total. The van der Waals surface area contributed by atoms with E-state index in [-0.39, 0.29) is 18.8 Å². The van der Waals surface area contributed by atoms with Crippen molar-refractivity contribution in [1.82, 2.24) is 10.3 Å². The lowest BCUT2D eigenvalue weighted by Gasteiger charge is -2.37. The van der Waals surface area contributed by atoms with Crippen LogP contribution in [-0.4, -0.2) is 66.8 Å². The van der Waals surface area contributed by atoms with Gasteiger partial charge in [-0.25, -0.2) is 14.6 Å². The van der Waals surface area contributed by atoms with Crippen LogP contribution in [-0.2, 0) is 25.6 Å². The van der Waals surface area contributed by atoms with Crippen LogP contribution in [0.3, 0.4) is 0 Å².